The second-order valence-electron chi connectivity index (χ2n) is 3.60. The Hall–Kier alpha value is -0.610. The maximum atomic E-state index is 11.0. The van der Waals surface area contributed by atoms with Gasteiger partial charge in [-0.25, -0.2) is 0 Å². The third-order valence-corrected chi connectivity index (χ3v) is 2.76. The molecule has 0 saturated carbocycles. The molecule has 2 N–H and O–H groups in total. The maximum absolute atomic E-state index is 11.0. The summed E-state index contributed by atoms with van der Waals surface area (Å²) in [6.07, 6.45) is 1.62. The third kappa shape index (κ3) is 2.00. The second kappa shape index (κ2) is 4.07. The molecule has 2 atom stereocenters. The second-order valence-corrected chi connectivity index (χ2v) is 3.60. The van der Waals surface area contributed by atoms with Crippen molar-refractivity contribution in [3.8, 4) is 0 Å². The number of rotatable bonds is 3. The molecule has 1 saturated heterocycles. The Morgan fingerprint density at radius 3 is 2.85 bits per heavy atom. The van der Waals surface area contributed by atoms with Crippen molar-refractivity contribution in [2.24, 2.45) is 5.41 Å². The predicted molar refractivity (Wildman–Crippen MR) is 46.4 cm³/mol. The van der Waals surface area contributed by atoms with Gasteiger partial charge in [0.25, 0.3) is 0 Å². The van der Waals surface area contributed by atoms with Crippen molar-refractivity contribution in [3.63, 3.8) is 0 Å². The molecule has 1 aliphatic rings. The topological polar surface area (TPSA) is 66.8 Å². The molecule has 0 spiro atoms. The molecule has 1 fully saturated rings. The molecule has 0 aliphatic carbocycles. The molecule has 1 heterocycles. The van der Waals surface area contributed by atoms with E-state index >= 15 is 0 Å². The molecule has 0 bridgehead atoms. The molecule has 4 heteroatoms. The van der Waals surface area contributed by atoms with Gasteiger partial charge in [0, 0.05) is 6.61 Å². The molecule has 0 aromatic rings. The van der Waals surface area contributed by atoms with Gasteiger partial charge in [0.1, 0.15) is 0 Å². The summed E-state index contributed by atoms with van der Waals surface area (Å²) in [5, 5.41) is 18.1. The van der Waals surface area contributed by atoms with Crippen molar-refractivity contribution < 1.29 is 19.7 Å². The normalized spacial score (nSPS) is 34.5. The van der Waals surface area contributed by atoms with E-state index in [4.69, 9.17) is 14.9 Å². The molecular formula is C9H16O4. The first-order valence-electron chi connectivity index (χ1n) is 4.60. The lowest BCUT2D eigenvalue weighted by Crippen LogP contribution is -2.43. The summed E-state index contributed by atoms with van der Waals surface area (Å²) >= 11 is 0. The van der Waals surface area contributed by atoms with Crippen LogP contribution in [-0.2, 0) is 9.53 Å². The number of aliphatic hydroxyl groups excluding tert-OH is 1. The van der Waals surface area contributed by atoms with Gasteiger partial charge in [-0.05, 0) is 19.3 Å². The van der Waals surface area contributed by atoms with E-state index in [0.717, 1.165) is 6.42 Å². The highest BCUT2D eigenvalue weighted by molar-refractivity contribution is 5.75. The van der Waals surface area contributed by atoms with E-state index in [0.29, 0.717) is 19.4 Å². The number of aliphatic carboxylic acids is 1. The van der Waals surface area contributed by atoms with Gasteiger partial charge in [0.05, 0.1) is 18.1 Å². The van der Waals surface area contributed by atoms with E-state index in [1.165, 1.54) is 0 Å². The van der Waals surface area contributed by atoms with Crippen molar-refractivity contribution >= 4 is 5.97 Å². The summed E-state index contributed by atoms with van der Waals surface area (Å²) in [4.78, 5) is 11.0. The van der Waals surface area contributed by atoms with Gasteiger partial charge in [-0.15, -0.1) is 0 Å². The predicted octanol–water partition coefficient (Wildman–Crippen LogP) is 0.639. The average molecular weight is 188 g/mol. The van der Waals surface area contributed by atoms with Crippen LogP contribution in [0.2, 0.25) is 0 Å². The van der Waals surface area contributed by atoms with Gasteiger partial charge in [0.2, 0.25) is 0 Å². The van der Waals surface area contributed by atoms with Crippen molar-refractivity contribution in [3.05, 3.63) is 0 Å². The molecule has 1 rings (SSSR count). The van der Waals surface area contributed by atoms with Gasteiger partial charge < -0.3 is 14.9 Å². The monoisotopic (exact) mass is 188 g/mol. The molecule has 4 nitrogen and oxygen atoms in total. The van der Waals surface area contributed by atoms with Crippen LogP contribution in [0.5, 0.6) is 0 Å². The lowest BCUT2D eigenvalue weighted by atomic mass is 9.78. The molecular weight excluding hydrogens is 172 g/mol. The Bertz CT molecular complexity index is 192. The number of aliphatic hydroxyl groups is 1. The molecule has 0 radical (unpaired) electrons. The molecule has 0 amide bonds. The first-order valence-corrected chi connectivity index (χ1v) is 4.60. The lowest BCUT2D eigenvalue weighted by molar-refractivity contribution is -0.163. The first-order chi connectivity index (χ1) is 6.14. The van der Waals surface area contributed by atoms with E-state index in [9.17, 15) is 4.79 Å². The lowest BCUT2D eigenvalue weighted by Gasteiger charge is -2.35. The van der Waals surface area contributed by atoms with Crippen molar-refractivity contribution in [1.82, 2.24) is 0 Å². The minimum Gasteiger partial charge on any atom is -0.481 e. The highest BCUT2D eigenvalue weighted by Gasteiger charge is 2.42. The van der Waals surface area contributed by atoms with Crippen LogP contribution in [0, 0.1) is 5.41 Å². The van der Waals surface area contributed by atoms with Gasteiger partial charge in [-0.3, -0.25) is 4.79 Å². The van der Waals surface area contributed by atoms with Crippen LogP contribution >= 0.6 is 0 Å². The molecule has 0 aromatic heterocycles. The van der Waals surface area contributed by atoms with Crippen LogP contribution in [0.4, 0.5) is 0 Å². The zero-order valence-electron chi connectivity index (χ0n) is 7.82. The van der Waals surface area contributed by atoms with Crippen LogP contribution in [0.1, 0.15) is 26.2 Å². The molecule has 0 aromatic carbocycles. The van der Waals surface area contributed by atoms with Crippen molar-refractivity contribution in [1.29, 1.82) is 0 Å². The number of hydrogen-bond acceptors (Lipinski definition) is 3. The Morgan fingerprint density at radius 2 is 2.38 bits per heavy atom. The van der Waals surface area contributed by atoms with E-state index in [1.807, 2.05) is 6.92 Å². The molecule has 76 valence electrons. The maximum Gasteiger partial charge on any atom is 0.312 e. The van der Waals surface area contributed by atoms with Crippen LogP contribution in [0.15, 0.2) is 0 Å². The van der Waals surface area contributed by atoms with Gasteiger partial charge in [-0.1, -0.05) is 6.92 Å². The minimum atomic E-state index is -0.959. The SMILES string of the molecule is CCC1CC(CO)(C(=O)O)CCO1. The zero-order valence-corrected chi connectivity index (χ0v) is 7.82. The summed E-state index contributed by atoms with van der Waals surface area (Å²) in [5.41, 5.74) is -0.959. The summed E-state index contributed by atoms with van der Waals surface area (Å²) in [6.45, 7) is 2.10. The number of ether oxygens (including phenoxy) is 1. The van der Waals surface area contributed by atoms with Gasteiger partial charge in [-0.2, -0.15) is 0 Å². The average Bonchev–Trinajstić information content (AvgIpc) is 2.17. The highest BCUT2D eigenvalue weighted by atomic mass is 16.5. The van der Waals surface area contributed by atoms with E-state index in [-0.39, 0.29) is 12.7 Å². The number of carboxylic acid groups (broad SMARTS) is 1. The van der Waals surface area contributed by atoms with Crippen LogP contribution in [0.25, 0.3) is 0 Å². The Labute approximate surface area is 77.5 Å². The third-order valence-electron chi connectivity index (χ3n) is 2.76. The molecule has 13 heavy (non-hydrogen) atoms. The van der Waals surface area contributed by atoms with Crippen LogP contribution in [-0.4, -0.2) is 35.5 Å². The largest absolute Gasteiger partial charge is 0.481 e. The van der Waals surface area contributed by atoms with Crippen LogP contribution in [0.3, 0.4) is 0 Å². The highest BCUT2D eigenvalue weighted by Crippen LogP contribution is 2.34. The van der Waals surface area contributed by atoms with Crippen molar-refractivity contribution in [2.75, 3.05) is 13.2 Å². The fourth-order valence-electron chi connectivity index (χ4n) is 1.69. The minimum absolute atomic E-state index is 0.0167. The summed E-state index contributed by atoms with van der Waals surface area (Å²) in [6, 6.07) is 0. The van der Waals surface area contributed by atoms with E-state index in [2.05, 4.69) is 0 Å². The van der Waals surface area contributed by atoms with Gasteiger partial charge >= 0.3 is 5.97 Å². The van der Waals surface area contributed by atoms with Crippen molar-refractivity contribution in [2.45, 2.75) is 32.3 Å². The summed E-state index contributed by atoms with van der Waals surface area (Å²) < 4.78 is 5.36. The zero-order chi connectivity index (χ0) is 9.90. The van der Waals surface area contributed by atoms with Gasteiger partial charge in [0.15, 0.2) is 0 Å². The van der Waals surface area contributed by atoms with E-state index < -0.39 is 11.4 Å². The smallest absolute Gasteiger partial charge is 0.312 e. The standard InChI is InChI=1S/C9H16O4/c1-2-7-5-9(6-10,8(11)12)3-4-13-7/h7,10H,2-6H2,1H3,(H,11,12). The van der Waals surface area contributed by atoms with Crippen LogP contribution < -0.4 is 0 Å². The van der Waals surface area contributed by atoms with E-state index in [1.54, 1.807) is 0 Å². The molecule has 1 aliphatic heterocycles. The number of carbonyl (C=O) groups is 1. The quantitative estimate of drug-likeness (QED) is 0.682. The number of carboxylic acids is 1. The molecule has 2 unspecified atom stereocenters. The first kappa shape index (κ1) is 10.5. The number of hydrogen-bond donors (Lipinski definition) is 2. The Balaban J connectivity index is 2.69. The summed E-state index contributed by atoms with van der Waals surface area (Å²) in [7, 11) is 0. The summed E-state index contributed by atoms with van der Waals surface area (Å²) in [5.74, 6) is -0.906. The fraction of sp³-hybridized carbons (Fsp3) is 0.889. The fourth-order valence-corrected chi connectivity index (χ4v) is 1.69. The Morgan fingerprint density at radius 1 is 1.69 bits per heavy atom. The Kier molecular flexibility index (Phi) is 3.27.